The van der Waals surface area contributed by atoms with E-state index in [1.165, 1.54) is 16.5 Å². The number of para-hydroxylation sites is 1. The Labute approximate surface area is 112 Å². The molecule has 0 unspecified atom stereocenters. The molecule has 0 atom stereocenters. The molecule has 4 nitrogen and oxygen atoms in total. The van der Waals surface area contributed by atoms with Crippen molar-refractivity contribution in [2.75, 3.05) is 5.32 Å². The summed E-state index contributed by atoms with van der Waals surface area (Å²) in [6, 6.07) is 10.4. The number of hydrogen-bond donors (Lipinski definition) is 2. The largest absolute Gasteiger partial charge is 0.364 e. The second-order valence-corrected chi connectivity index (χ2v) is 4.68. The number of benzene rings is 1. The minimum atomic E-state index is 0.785. The summed E-state index contributed by atoms with van der Waals surface area (Å²) in [4.78, 5) is 3.28. The molecular formula is C15H18N4. The minimum Gasteiger partial charge on any atom is -0.364 e. The summed E-state index contributed by atoms with van der Waals surface area (Å²) in [5.74, 6) is 0.929. The first-order valence-electron chi connectivity index (χ1n) is 6.69. The number of nitrogens with zero attached hydrogens (tertiary/aromatic N) is 2. The van der Waals surface area contributed by atoms with Crippen molar-refractivity contribution in [3.8, 4) is 0 Å². The highest BCUT2D eigenvalue weighted by molar-refractivity contribution is 5.83. The summed E-state index contributed by atoms with van der Waals surface area (Å²) in [6.45, 7) is 3.91. The van der Waals surface area contributed by atoms with Gasteiger partial charge in [0.1, 0.15) is 5.82 Å². The summed E-state index contributed by atoms with van der Waals surface area (Å²) >= 11 is 0. The molecule has 1 aromatic carbocycles. The summed E-state index contributed by atoms with van der Waals surface area (Å²) in [7, 11) is 0. The first-order chi connectivity index (χ1) is 9.36. The second-order valence-electron chi connectivity index (χ2n) is 4.68. The summed E-state index contributed by atoms with van der Waals surface area (Å²) < 4.78 is 1.97. The van der Waals surface area contributed by atoms with E-state index in [4.69, 9.17) is 0 Å². The quantitative estimate of drug-likeness (QED) is 0.733. The van der Waals surface area contributed by atoms with Gasteiger partial charge in [0.15, 0.2) is 0 Å². The van der Waals surface area contributed by atoms with Crippen molar-refractivity contribution in [2.45, 2.75) is 26.4 Å². The molecule has 0 saturated carbocycles. The third-order valence-corrected chi connectivity index (χ3v) is 3.23. The fourth-order valence-electron chi connectivity index (χ4n) is 2.27. The van der Waals surface area contributed by atoms with Gasteiger partial charge < -0.3 is 10.3 Å². The number of anilines is 1. The van der Waals surface area contributed by atoms with E-state index in [1.54, 1.807) is 0 Å². The van der Waals surface area contributed by atoms with Crippen LogP contribution in [0.2, 0.25) is 0 Å². The molecule has 0 saturated heterocycles. The van der Waals surface area contributed by atoms with Crippen LogP contribution in [0.15, 0.2) is 42.7 Å². The molecule has 0 spiro atoms. The Hall–Kier alpha value is -2.23. The van der Waals surface area contributed by atoms with Crippen molar-refractivity contribution in [3.63, 3.8) is 0 Å². The van der Waals surface area contributed by atoms with Gasteiger partial charge in [0.05, 0.1) is 0 Å². The number of aromatic amines is 1. The smallest absolute Gasteiger partial charge is 0.148 e. The van der Waals surface area contributed by atoms with Crippen molar-refractivity contribution >= 4 is 16.7 Å². The lowest BCUT2D eigenvalue weighted by Gasteiger charge is -2.02. The molecule has 0 amide bonds. The van der Waals surface area contributed by atoms with Crippen LogP contribution in [-0.4, -0.2) is 14.8 Å². The number of H-pyrrole nitrogens is 1. The lowest BCUT2D eigenvalue weighted by molar-refractivity contribution is 0.604. The van der Waals surface area contributed by atoms with Crippen LogP contribution >= 0.6 is 0 Å². The van der Waals surface area contributed by atoms with Gasteiger partial charge in [0.25, 0.3) is 0 Å². The maximum atomic E-state index is 4.47. The Bertz CT molecular complexity index is 665. The standard InChI is InChI=1S/C15H18N4/c1-2-8-19-9-7-15(18-19)17-11-12-10-16-14-6-4-3-5-13(12)14/h3-7,9-10,16H,2,8,11H2,1H3,(H,17,18). The maximum Gasteiger partial charge on any atom is 0.148 e. The molecule has 2 N–H and O–H groups in total. The third kappa shape index (κ3) is 2.47. The topological polar surface area (TPSA) is 45.6 Å². The molecule has 3 aromatic rings. The van der Waals surface area contributed by atoms with E-state index in [0.29, 0.717) is 0 Å². The van der Waals surface area contributed by atoms with E-state index in [2.05, 4.69) is 46.7 Å². The molecule has 0 aliphatic heterocycles. The predicted molar refractivity (Wildman–Crippen MR) is 78.1 cm³/mol. The third-order valence-electron chi connectivity index (χ3n) is 3.23. The van der Waals surface area contributed by atoms with Crippen molar-refractivity contribution in [1.29, 1.82) is 0 Å². The van der Waals surface area contributed by atoms with Crippen molar-refractivity contribution < 1.29 is 0 Å². The van der Waals surface area contributed by atoms with E-state index in [0.717, 1.165) is 25.3 Å². The molecule has 0 fully saturated rings. The molecule has 2 heterocycles. The molecule has 0 aliphatic rings. The van der Waals surface area contributed by atoms with Gasteiger partial charge in [-0.25, -0.2) is 0 Å². The molecule has 2 aromatic heterocycles. The number of rotatable bonds is 5. The van der Waals surface area contributed by atoms with Crippen LogP contribution in [0, 0.1) is 0 Å². The molecule has 3 rings (SSSR count). The van der Waals surface area contributed by atoms with Crippen molar-refractivity contribution in [2.24, 2.45) is 0 Å². The normalized spacial score (nSPS) is 11.0. The Balaban J connectivity index is 1.71. The Kier molecular flexibility index (Phi) is 3.23. The van der Waals surface area contributed by atoms with Crippen LogP contribution in [0.3, 0.4) is 0 Å². The second kappa shape index (κ2) is 5.18. The van der Waals surface area contributed by atoms with Crippen molar-refractivity contribution in [3.05, 3.63) is 48.3 Å². The molecule has 98 valence electrons. The van der Waals surface area contributed by atoms with Crippen molar-refractivity contribution in [1.82, 2.24) is 14.8 Å². The highest BCUT2D eigenvalue weighted by atomic mass is 15.3. The fourth-order valence-corrected chi connectivity index (χ4v) is 2.27. The Morgan fingerprint density at radius 2 is 2.16 bits per heavy atom. The van der Waals surface area contributed by atoms with Gasteiger partial charge >= 0.3 is 0 Å². The van der Waals surface area contributed by atoms with E-state index in [9.17, 15) is 0 Å². The van der Waals surface area contributed by atoms with Gasteiger partial charge in [-0.1, -0.05) is 25.1 Å². The van der Waals surface area contributed by atoms with Crippen LogP contribution in [0.25, 0.3) is 10.9 Å². The minimum absolute atomic E-state index is 0.785. The maximum absolute atomic E-state index is 4.47. The van der Waals surface area contributed by atoms with Crippen LogP contribution < -0.4 is 5.32 Å². The van der Waals surface area contributed by atoms with E-state index < -0.39 is 0 Å². The first kappa shape index (κ1) is 11.8. The zero-order valence-corrected chi connectivity index (χ0v) is 11.1. The van der Waals surface area contributed by atoms with Crippen LogP contribution in [0.4, 0.5) is 5.82 Å². The van der Waals surface area contributed by atoms with E-state index in [1.807, 2.05) is 23.0 Å². The van der Waals surface area contributed by atoms with Gasteiger partial charge in [-0.2, -0.15) is 5.10 Å². The zero-order valence-electron chi connectivity index (χ0n) is 11.1. The molecule has 0 radical (unpaired) electrons. The predicted octanol–water partition coefficient (Wildman–Crippen LogP) is 3.39. The Morgan fingerprint density at radius 1 is 1.26 bits per heavy atom. The monoisotopic (exact) mass is 254 g/mol. The summed E-state index contributed by atoms with van der Waals surface area (Å²) in [6.07, 6.45) is 5.17. The van der Waals surface area contributed by atoms with E-state index >= 15 is 0 Å². The Morgan fingerprint density at radius 3 is 3.05 bits per heavy atom. The number of fused-ring (bicyclic) bond motifs is 1. The van der Waals surface area contributed by atoms with Crippen LogP contribution in [0.1, 0.15) is 18.9 Å². The summed E-state index contributed by atoms with van der Waals surface area (Å²) in [5.41, 5.74) is 2.44. The van der Waals surface area contributed by atoms with Gasteiger partial charge in [-0.15, -0.1) is 0 Å². The average molecular weight is 254 g/mol. The van der Waals surface area contributed by atoms with Gasteiger partial charge in [-0.3, -0.25) is 4.68 Å². The van der Waals surface area contributed by atoms with Crippen LogP contribution in [0.5, 0.6) is 0 Å². The van der Waals surface area contributed by atoms with Gasteiger partial charge in [0.2, 0.25) is 0 Å². The SMILES string of the molecule is CCCn1ccc(NCc2c[nH]c3ccccc23)n1. The highest BCUT2D eigenvalue weighted by Crippen LogP contribution is 2.18. The van der Waals surface area contributed by atoms with E-state index in [-0.39, 0.29) is 0 Å². The molecular weight excluding hydrogens is 236 g/mol. The molecule has 19 heavy (non-hydrogen) atoms. The highest BCUT2D eigenvalue weighted by Gasteiger charge is 2.03. The molecule has 0 aliphatic carbocycles. The number of aryl methyl sites for hydroxylation is 1. The van der Waals surface area contributed by atoms with Crippen LogP contribution in [-0.2, 0) is 13.1 Å². The lowest BCUT2D eigenvalue weighted by Crippen LogP contribution is -2.02. The number of nitrogens with one attached hydrogen (secondary N) is 2. The number of hydrogen-bond acceptors (Lipinski definition) is 2. The molecule has 4 heteroatoms. The average Bonchev–Trinajstić information content (AvgIpc) is 3.04. The summed E-state index contributed by atoms with van der Waals surface area (Å²) in [5, 5.41) is 9.11. The zero-order chi connectivity index (χ0) is 13.1. The lowest BCUT2D eigenvalue weighted by atomic mass is 10.2. The first-order valence-corrected chi connectivity index (χ1v) is 6.69. The number of aromatic nitrogens is 3. The molecule has 0 bridgehead atoms. The van der Waals surface area contributed by atoms with Gasteiger partial charge in [0, 0.05) is 42.5 Å². The van der Waals surface area contributed by atoms with Gasteiger partial charge in [-0.05, 0) is 18.1 Å². The fraction of sp³-hybridized carbons (Fsp3) is 0.267.